The van der Waals surface area contributed by atoms with Gasteiger partial charge in [0.2, 0.25) is 5.95 Å². The summed E-state index contributed by atoms with van der Waals surface area (Å²) in [5.74, 6) is 1.20. The molecule has 2 heterocycles. The molecule has 0 amide bonds. The molecule has 3 rings (SSSR count). The highest BCUT2D eigenvalue weighted by Gasteiger charge is 2.19. The van der Waals surface area contributed by atoms with Crippen LogP contribution >= 0.6 is 0 Å². The Hall–Kier alpha value is -2.88. The van der Waals surface area contributed by atoms with Crippen LogP contribution in [-0.2, 0) is 0 Å². The van der Waals surface area contributed by atoms with Gasteiger partial charge in [0.25, 0.3) is 0 Å². The maximum Gasteiger partial charge on any atom is 0.226 e. The zero-order valence-electron chi connectivity index (χ0n) is 13.8. The maximum absolute atomic E-state index is 13.6. The number of anilines is 3. The summed E-state index contributed by atoms with van der Waals surface area (Å²) in [5, 5.41) is 8.98. The van der Waals surface area contributed by atoms with Crippen molar-refractivity contribution in [3.05, 3.63) is 41.8 Å². The van der Waals surface area contributed by atoms with E-state index in [1.165, 1.54) is 12.1 Å². The molecule has 0 saturated carbocycles. The molecule has 1 aromatic carbocycles. The molecule has 0 radical (unpaired) electrons. The minimum atomic E-state index is -0.377. The van der Waals surface area contributed by atoms with Crippen LogP contribution in [0.4, 0.5) is 21.8 Å². The van der Waals surface area contributed by atoms with E-state index in [9.17, 15) is 4.39 Å². The summed E-state index contributed by atoms with van der Waals surface area (Å²) >= 11 is 0. The van der Waals surface area contributed by atoms with Crippen molar-refractivity contribution >= 4 is 17.5 Å². The predicted molar refractivity (Wildman–Crippen MR) is 91.9 cm³/mol. The topological polar surface area (TPSA) is 59.3 Å². The first kappa shape index (κ1) is 16.0. The van der Waals surface area contributed by atoms with Crippen LogP contribution in [0, 0.1) is 17.1 Å². The molecule has 0 N–H and O–H groups in total. The van der Waals surface area contributed by atoms with Crippen LogP contribution in [0.15, 0.2) is 30.5 Å². The second kappa shape index (κ2) is 6.71. The van der Waals surface area contributed by atoms with Gasteiger partial charge in [-0.05, 0) is 24.3 Å². The van der Waals surface area contributed by atoms with Gasteiger partial charge in [0.1, 0.15) is 11.6 Å². The van der Waals surface area contributed by atoms with Crippen LogP contribution < -0.4 is 14.7 Å². The molecular weight excluding hydrogens is 307 g/mol. The number of benzene rings is 1. The highest BCUT2D eigenvalue weighted by atomic mass is 19.1. The van der Waals surface area contributed by atoms with Gasteiger partial charge in [0.15, 0.2) is 0 Å². The molecule has 7 heteroatoms. The number of hydrogen-bond donors (Lipinski definition) is 0. The molecule has 0 spiro atoms. The van der Waals surface area contributed by atoms with E-state index in [-0.39, 0.29) is 5.82 Å². The van der Waals surface area contributed by atoms with Crippen molar-refractivity contribution in [2.24, 2.45) is 0 Å². The lowest BCUT2D eigenvalue weighted by Gasteiger charge is -2.36. The first-order valence-electron chi connectivity index (χ1n) is 7.78. The normalized spacial score (nSPS) is 14.4. The monoisotopic (exact) mass is 326 g/mol. The molecule has 2 aromatic rings. The van der Waals surface area contributed by atoms with Crippen LogP contribution in [0.5, 0.6) is 0 Å². The fraction of sp³-hybridized carbons (Fsp3) is 0.353. The molecular formula is C17H19FN6. The van der Waals surface area contributed by atoms with Crippen LogP contribution in [0.3, 0.4) is 0 Å². The van der Waals surface area contributed by atoms with Crippen molar-refractivity contribution < 1.29 is 4.39 Å². The van der Waals surface area contributed by atoms with E-state index in [2.05, 4.69) is 19.8 Å². The van der Waals surface area contributed by atoms with Gasteiger partial charge in [0, 0.05) is 52.2 Å². The molecule has 24 heavy (non-hydrogen) atoms. The Bertz CT molecular complexity index is 762. The number of piperazine rings is 1. The van der Waals surface area contributed by atoms with Crippen molar-refractivity contribution in [1.82, 2.24) is 9.97 Å². The summed E-state index contributed by atoms with van der Waals surface area (Å²) in [6.45, 7) is 3.05. The Morgan fingerprint density at radius 3 is 2.50 bits per heavy atom. The highest BCUT2D eigenvalue weighted by molar-refractivity contribution is 5.54. The number of nitriles is 1. The van der Waals surface area contributed by atoms with E-state index < -0.39 is 0 Å². The largest absolute Gasteiger partial charge is 0.368 e. The molecule has 0 unspecified atom stereocenters. The second-order valence-corrected chi connectivity index (χ2v) is 5.89. The van der Waals surface area contributed by atoms with Gasteiger partial charge in [-0.15, -0.1) is 0 Å². The third-order valence-corrected chi connectivity index (χ3v) is 4.01. The Balaban J connectivity index is 1.71. The smallest absolute Gasteiger partial charge is 0.226 e. The summed E-state index contributed by atoms with van der Waals surface area (Å²) in [6.07, 6.45) is 1.76. The van der Waals surface area contributed by atoms with Gasteiger partial charge in [-0.2, -0.15) is 10.2 Å². The zero-order chi connectivity index (χ0) is 17.1. The second-order valence-electron chi connectivity index (χ2n) is 5.89. The average molecular weight is 326 g/mol. The third kappa shape index (κ3) is 3.38. The Kier molecular flexibility index (Phi) is 4.47. The van der Waals surface area contributed by atoms with E-state index in [4.69, 9.17) is 5.26 Å². The number of rotatable bonds is 3. The molecule has 1 aliphatic heterocycles. The van der Waals surface area contributed by atoms with E-state index in [0.717, 1.165) is 37.7 Å². The first-order valence-corrected chi connectivity index (χ1v) is 7.78. The van der Waals surface area contributed by atoms with E-state index in [0.29, 0.717) is 11.5 Å². The van der Waals surface area contributed by atoms with Gasteiger partial charge >= 0.3 is 0 Å². The summed E-state index contributed by atoms with van der Waals surface area (Å²) in [6, 6.07) is 8.36. The van der Waals surface area contributed by atoms with Gasteiger partial charge < -0.3 is 14.7 Å². The fourth-order valence-corrected chi connectivity index (χ4v) is 2.75. The molecule has 0 atom stereocenters. The van der Waals surface area contributed by atoms with E-state index in [1.807, 2.05) is 31.1 Å². The fourth-order valence-electron chi connectivity index (χ4n) is 2.75. The van der Waals surface area contributed by atoms with Crippen molar-refractivity contribution in [2.75, 3.05) is 55.0 Å². The number of halogens is 1. The van der Waals surface area contributed by atoms with Crippen molar-refractivity contribution in [1.29, 1.82) is 5.26 Å². The quantitative estimate of drug-likeness (QED) is 0.858. The summed E-state index contributed by atoms with van der Waals surface area (Å²) in [4.78, 5) is 14.9. The maximum atomic E-state index is 13.6. The van der Waals surface area contributed by atoms with Crippen LogP contribution in [0.25, 0.3) is 0 Å². The predicted octanol–water partition coefficient (Wildman–Crippen LogP) is 1.88. The third-order valence-electron chi connectivity index (χ3n) is 4.01. The van der Waals surface area contributed by atoms with Crippen molar-refractivity contribution in [3.8, 4) is 6.07 Å². The Morgan fingerprint density at radius 1 is 1.12 bits per heavy atom. The van der Waals surface area contributed by atoms with Gasteiger partial charge in [-0.3, -0.25) is 0 Å². The number of nitrogens with zero attached hydrogens (tertiary/aromatic N) is 6. The van der Waals surface area contributed by atoms with Crippen LogP contribution in [0.2, 0.25) is 0 Å². The average Bonchev–Trinajstić information content (AvgIpc) is 2.61. The SMILES string of the molecule is CN(C)c1nccc(N2CCN(c3cc(F)cc(C#N)c3)CC2)n1. The Labute approximate surface area is 140 Å². The van der Waals surface area contributed by atoms with E-state index >= 15 is 0 Å². The van der Waals surface area contributed by atoms with Gasteiger partial charge in [-0.1, -0.05) is 0 Å². The van der Waals surface area contributed by atoms with Crippen molar-refractivity contribution in [2.45, 2.75) is 0 Å². The standard InChI is InChI=1S/C17H19FN6/c1-22(2)17-20-4-3-16(21-17)24-7-5-23(6-8-24)15-10-13(12-19)9-14(18)11-15/h3-4,9-11H,5-8H2,1-2H3. The van der Waals surface area contributed by atoms with Gasteiger partial charge in [-0.25, -0.2) is 9.37 Å². The summed E-state index contributed by atoms with van der Waals surface area (Å²) in [5.41, 5.74) is 1.10. The minimum Gasteiger partial charge on any atom is -0.368 e. The molecule has 0 aliphatic carbocycles. The Morgan fingerprint density at radius 2 is 1.83 bits per heavy atom. The number of aromatic nitrogens is 2. The lowest BCUT2D eigenvalue weighted by molar-refractivity contribution is 0.618. The molecule has 1 saturated heterocycles. The zero-order valence-corrected chi connectivity index (χ0v) is 13.8. The van der Waals surface area contributed by atoms with E-state index in [1.54, 1.807) is 12.3 Å². The van der Waals surface area contributed by atoms with Crippen molar-refractivity contribution in [3.63, 3.8) is 0 Å². The number of hydrogen-bond acceptors (Lipinski definition) is 6. The molecule has 1 fully saturated rings. The van der Waals surface area contributed by atoms with Crippen LogP contribution in [0.1, 0.15) is 5.56 Å². The molecule has 1 aliphatic rings. The lowest BCUT2D eigenvalue weighted by Crippen LogP contribution is -2.47. The van der Waals surface area contributed by atoms with Crippen LogP contribution in [-0.4, -0.2) is 50.2 Å². The molecule has 1 aromatic heterocycles. The van der Waals surface area contributed by atoms with Gasteiger partial charge in [0.05, 0.1) is 11.6 Å². The summed E-state index contributed by atoms with van der Waals surface area (Å²) < 4.78 is 13.6. The summed E-state index contributed by atoms with van der Waals surface area (Å²) in [7, 11) is 3.82. The molecule has 6 nitrogen and oxygen atoms in total. The molecule has 124 valence electrons. The minimum absolute atomic E-state index is 0.346. The lowest BCUT2D eigenvalue weighted by atomic mass is 10.1. The molecule has 0 bridgehead atoms. The highest BCUT2D eigenvalue weighted by Crippen LogP contribution is 2.22. The first-order chi connectivity index (χ1) is 11.6.